The van der Waals surface area contributed by atoms with Gasteiger partial charge in [0.05, 0.1) is 12.8 Å². The summed E-state index contributed by atoms with van der Waals surface area (Å²) in [7, 11) is 0. The number of rotatable bonds is 5. The van der Waals surface area contributed by atoms with Crippen LogP contribution >= 0.6 is 0 Å². The number of carboxylic acids is 3. The van der Waals surface area contributed by atoms with Crippen LogP contribution in [-0.2, 0) is 14.4 Å². The average Bonchev–Trinajstić information content (AvgIpc) is 2.11. The van der Waals surface area contributed by atoms with Gasteiger partial charge in [-0.05, 0) is 0 Å². The maximum absolute atomic E-state index is 10.3. The highest BCUT2D eigenvalue weighted by Gasteiger charge is 2.40. The zero-order valence-electron chi connectivity index (χ0n) is 9.85. The fourth-order valence-corrected chi connectivity index (χ4v) is 0.714. The lowest BCUT2D eigenvalue weighted by atomic mass is 9.96. The molecule has 21 heavy (non-hydrogen) atoms. The first-order valence-electron chi connectivity index (χ1n) is 4.30. The molecule has 0 fully saturated rings. The Morgan fingerprint density at radius 1 is 0.857 bits per heavy atom. The highest BCUT2D eigenvalue weighted by Crippen LogP contribution is 2.15. The molecule has 0 saturated carbocycles. The normalized spacial score (nSPS) is 9.00. The summed E-state index contributed by atoms with van der Waals surface area (Å²) < 4.78 is 0. The van der Waals surface area contributed by atoms with Crippen LogP contribution in [0.4, 0.5) is 0 Å². The predicted octanol–water partition coefficient (Wildman–Crippen LogP) is -1.94. The van der Waals surface area contributed by atoms with Gasteiger partial charge in [-0.15, -0.1) is 20.2 Å². The van der Waals surface area contributed by atoms with Crippen molar-refractivity contribution in [3.8, 4) is 0 Å². The van der Waals surface area contributed by atoms with Crippen molar-refractivity contribution in [3.63, 3.8) is 0 Å². The van der Waals surface area contributed by atoms with Crippen LogP contribution in [0.3, 0.4) is 0 Å². The minimum absolute atomic E-state index is 1.14. The molecule has 15 heteroatoms. The third-order valence-electron chi connectivity index (χ3n) is 1.29. The number of hydrogen-bond donors (Lipinski definition) is 6. The smallest absolute Gasteiger partial charge is 0.336 e. The Kier molecular flexibility index (Phi) is 11.6. The Bertz CT molecular complexity index is 367. The van der Waals surface area contributed by atoms with Gasteiger partial charge >= 0.3 is 17.9 Å². The van der Waals surface area contributed by atoms with E-state index in [1.54, 1.807) is 0 Å². The predicted molar refractivity (Wildman–Crippen MR) is 54.7 cm³/mol. The van der Waals surface area contributed by atoms with E-state index < -0.39 is 46.5 Å². The molecular weight excluding hydrogens is 308 g/mol. The molecule has 0 saturated heterocycles. The quantitative estimate of drug-likeness (QED) is 0.238. The van der Waals surface area contributed by atoms with Gasteiger partial charge in [0, 0.05) is 0 Å². The molecule has 6 N–H and O–H groups in total. The van der Waals surface area contributed by atoms with Crippen LogP contribution < -0.4 is 0 Å². The van der Waals surface area contributed by atoms with E-state index in [4.69, 9.17) is 51.1 Å². The monoisotopic (exact) mass is 318 g/mol. The Morgan fingerprint density at radius 2 is 1.05 bits per heavy atom. The third kappa shape index (κ3) is 22.4. The second-order valence-electron chi connectivity index (χ2n) is 2.95. The van der Waals surface area contributed by atoms with E-state index in [0.29, 0.717) is 0 Å². The SMILES string of the molecule is O=C(O)CC(O)(CC(=O)O)C(=O)O.O=[N+]([O-])O.O=[N+]([O-])O. The maximum Gasteiger partial charge on any atom is 0.336 e. The molecule has 0 radical (unpaired) electrons. The minimum Gasteiger partial charge on any atom is -0.481 e. The molecule has 0 aromatic rings. The summed E-state index contributed by atoms with van der Waals surface area (Å²) >= 11 is 0. The molecule has 0 heterocycles. The van der Waals surface area contributed by atoms with Crippen LogP contribution in [-0.4, -0.2) is 64.5 Å². The molecule has 0 aromatic heterocycles. The molecule has 122 valence electrons. The zero-order chi connectivity index (χ0) is 17.8. The molecule has 0 aliphatic rings. The maximum atomic E-state index is 10.3. The van der Waals surface area contributed by atoms with Crippen molar-refractivity contribution in [2.24, 2.45) is 0 Å². The van der Waals surface area contributed by atoms with Crippen molar-refractivity contribution in [3.05, 3.63) is 20.2 Å². The van der Waals surface area contributed by atoms with E-state index in [2.05, 4.69) is 0 Å². The Morgan fingerprint density at radius 3 is 1.14 bits per heavy atom. The number of aliphatic hydroxyl groups is 1. The largest absolute Gasteiger partial charge is 0.481 e. The van der Waals surface area contributed by atoms with Gasteiger partial charge in [-0.25, -0.2) is 4.79 Å². The fraction of sp³-hybridized carbons (Fsp3) is 0.500. The molecular formula is C6H10N2O13. The first-order valence-corrected chi connectivity index (χ1v) is 4.30. The molecule has 0 aliphatic carbocycles. The van der Waals surface area contributed by atoms with E-state index in [9.17, 15) is 14.4 Å². The first kappa shape index (κ1) is 22.9. The van der Waals surface area contributed by atoms with E-state index in [1.807, 2.05) is 0 Å². The molecule has 15 nitrogen and oxygen atoms in total. The topological polar surface area (TPSA) is 259 Å². The van der Waals surface area contributed by atoms with Crippen LogP contribution in [0.15, 0.2) is 0 Å². The van der Waals surface area contributed by atoms with Crippen molar-refractivity contribution in [1.82, 2.24) is 0 Å². The summed E-state index contributed by atoms with van der Waals surface area (Å²) in [5.41, 5.74) is -2.74. The summed E-state index contributed by atoms with van der Waals surface area (Å²) in [6, 6.07) is 0. The highest BCUT2D eigenvalue weighted by molar-refractivity contribution is 5.88. The fourth-order valence-electron chi connectivity index (χ4n) is 0.714. The molecule has 0 unspecified atom stereocenters. The number of nitrogens with zero attached hydrogens (tertiary/aromatic N) is 2. The minimum atomic E-state index is -2.74. The van der Waals surface area contributed by atoms with Crippen LogP contribution in [0, 0.1) is 20.2 Å². The van der Waals surface area contributed by atoms with E-state index >= 15 is 0 Å². The number of carboxylic acid groups (broad SMARTS) is 3. The van der Waals surface area contributed by atoms with Crippen LogP contribution in [0.25, 0.3) is 0 Å². The summed E-state index contributed by atoms with van der Waals surface area (Å²) in [4.78, 5) is 47.2. The molecule has 0 spiro atoms. The lowest BCUT2D eigenvalue weighted by Crippen LogP contribution is -2.42. The van der Waals surface area contributed by atoms with Gasteiger partial charge in [0.25, 0.3) is 10.2 Å². The molecule has 0 bridgehead atoms. The van der Waals surface area contributed by atoms with E-state index in [-0.39, 0.29) is 0 Å². The van der Waals surface area contributed by atoms with Gasteiger partial charge in [0.1, 0.15) is 0 Å². The Hall–Kier alpha value is -3.23. The van der Waals surface area contributed by atoms with Gasteiger partial charge in [0.15, 0.2) is 5.60 Å². The third-order valence-corrected chi connectivity index (χ3v) is 1.29. The van der Waals surface area contributed by atoms with Gasteiger partial charge in [-0.2, -0.15) is 0 Å². The van der Waals surface area contributed by atoms with Gasteiger partial charge in [-0.1, -0.05) is 0 Å². The van der Waals surface area contributed by atoms with Crippen LogP contribution in [0.1, 0.15) is 12.8 Å². The van der Waals surface area contributed by atoms with Gasteiger partial charge in [-0.3, -0.25) is 9.59 Å². The Labute approximate surface area is 113 Å². The molecule has 0 aromatic carbocycles. The van der Waals surface area contributed by atoms with Crippen molar-refractivity contribution in [2.75, 3.05) is 0 Å². The molecule has 0 aliphatic heterocycles. The summed E-state index contributed by atoms with van der Waals surface area (Å²) in [5, 5.41) is 61.1. The number of hydrogen-bond acceptors (Lipinski definition) is 8. The average molecular weight is 318 g/mol. The Balaban J connectivity index is -0.000000334. The molecule has 0 rings (SSSR count). The summed E-state index contributed by atoms with van der Waals surface area (Å²) in [5.74, 6) is -5.02. The number of carbonyl (C=O) groups is 3. The second-order valence-corrected chi connectivity index (χ2v) is 2.95. The lowest BCUT2D eigenvalue weighted by molar-refractivity contribution is -0.742. The van der Waals surface area contributed by atoms with Crippen molar-refractivity contribution in [2.45, 2.75) is 18.4 Å². The summed E-state index contributed by atoms with van der Waals surface area (Å²) in [6.07, 6.45) is -2.29. The summed E-state index contributed by atoms with van der Waals surface area (Å²) in [6.45, 7) is 0. The van der Waals surface area contributed by atoms with Crippen molar-refractivity contribution < 1.29 is 55.4 Å². The van der Waals surface area contributed by atoms with Crippen LogP contribution in [0.2, 0.25) is 0 Å². The van der Waals surface area contributed by atoms with Crippen molar-refractivity contribution in [1.29, 1.82) is 0 Å². The number of aliphatic carboxylic acids is 3. The standard InChI is InChI=1S/C6H8O7.2HNO3/c7-3(8)1-6(13,5(11)12)2-4(9)10;2*2-1(3)4/h13H,1-2H2,(H,7,8)(H,9,10)(H,11,12);2*(H,2,3,4). The van der Waals surface area contributed by atoms with Crippen LogP contribution in [0.5, 0.6) is 0 Å². The lowest BCUT2D eigenvalue weighted by Gasteiger charge is -2.18. The molecule has 0 amide bonds. The molecule has 0 atom stereocenters. The second kappa shape index (κ2) is 10.7. The highest BCUT2D eigenvalue weighted by atomic mass is 16.9. The van der Waals surface area contributed by atoms with Crippen molar-refractivity contribution >= 4 is 17.9 Å². The first-order chi connectivity index (χ1) is 9.24. The zero-order valence-corrected chi connectivity index (χ0v) is 9.85. The van der Waals surface area contributed by atoms with E-state index in [1.165, 1.54) is 0 Å². The van der Waals surface area contributed by atoms with Gasteiger partial charge in [0.2, 0.25) is 0 Å². The van der Waals surface area contributed by atoms with Gasteiger partial charge < -0.3 is 30.8 Å². The van der Waals surface area contributed by atoms with E-state index in [0.717, 1.165) is 0 Å².